The second kappa shape index (κ2) is 4.45. The molecule has 5 heteroatoms. The van der Waals surface area contributed by atoms with Crippen LogP contribution in [0.5, 0.6) is 0 Å². The molecule has 3 nitrogen and oxygen atoms in total. The van der Waals surface area contributed by atoms with Crippen LogP contribution in [0.3, 0.4) is 0 Å². The van der Waals surface area contributed by atoms with Gasteiger partial charge in [-0.15, -0.1) is 11.3 Å². The average Bonchev–Trinajstić information content (AvgIpc) is 2.97. The second-order valence-electron chi connectivity index (χ2n) is 3.76. The van der Waals surface area contributed by atoms with E-state index in [1.54, 1.807) is 17.4 Å². The summed E-state index contributed by atoms with van der Waals surface area (Å²) in [6.07, 6.45) is 0.290. The van der Waals surface area contributed by atoms with E-state index in [4.69, 9.17) is 16.9 Å². The molecule has 3 rings (SSSR count). The van der Waals surface area contributed by atoms with Crippen molar-refractivity contribution in [3.63, 3.8) is 0 Å². The number of imidazole rings is 1. The highest BCUT2D eigenvalue weighted by molar-refractivity contribution is 7.13. The van der Waals surface area contributed by atoms with Gasteiger partial charge >= 0.3 is 0 Å². The molecule has 0 aromatic carbocycles. The molecule has 0 aliphatic rings. The maximum Gasteiger partial charge on any atom is 0.138 e. The van der Waals surface area contributed by atoms with Crippen LogP contribution in [0, 0.1) is 11.3 Å². The number of thiophene rings is 1. The minimum absolute atomic E-state index is 0.290. The molecule has 18 heavy (non-hydrogen) atoms. The molecule has 0 amide bonds. The van der Waals surface area contributed by atoms with Crippen molar-refractivity contribution in [1.29, 1.82) is 5.26 Å². The smallest absolute Gasteiger partial charge is 0.138 e. The number of pyridine rings is 1. The summed E-state index contributed by atoms with van der Waals surface area (Å²) in [5.74, 6) is 0. The fourth-order valence-electron chi connectivity index (χ4n) is 1.96. The van der Waals surface area contributed by atoms with E-state index in [0.29, 0.717) is 5.15 Å². The Kier molecular flexibility index (Phi) is 2.78. The van der Waals surface area contributed by atoms with E-state index in [2.05, 4.69) is 11.1 Å². The lowest BCUT2D eigenvalue weighted by molar-refractivity contribution is 1.06. The molecule has 3 aromatic rings. The number of fused-ring (bicyclic) bond motifs is 1. The van der Waals surface area contributed by atoms with Crippen molar-refractivity contribution < 1.29 is 0 Å². The van der Waals surface area contributed by atoms with E-state index >= 15 is 0 Å². The van der Waals surface area contributed by atoms with Gasteiger partial charge in [0.2, 0.25) is 0 Å². The van der Waals surface area contributed by atoms with Crippen LogP contribution < -0.4 is 0 Å². The van der Waals surface area contributed by atoms with Gasteiger partial charge in [0, 0.05) is 0 Å². The van der Waals surface area contributed by atoms with Crippen molar-refractivity contribution >= 4 is 28.6 Å². The molecule has 0 radical (unpaired) electrons. The van der Waals surface area contributed by atoms with Gasteiger partial charge in [-0.2, -0.15) is 5.26 Å². The van der Waals surface area contributed by atoms with Crippen molar-refractivity contribution in [3.8, 4) is 16.6 Å². The Hall–Kier alpha value is -1.83. The molecule has 0 spiro atoms. The Labute approximate surface area is 113 Å². The molecule has 3 heterocycles. The fourth-order valence-corrected chi connectivity index (χ4v) is 2.96. The number of aromatic nitrogens is 2. The van der Waals surface area contributed by atoms with Gasteiger partial charge in [0.1, 0.15) is 16.5 Å². The van der Waals surface area contributed by atoms with E-state index in [9.17, 15) is 0 Å². The van der Waals surface area contributed by atoms with Gasteiger partial charge in [0.05, 0.1) is 23.1 Å². The van der Waals surface area contributed by atoms with Crippen molar-refractivity contribution in [2.24, 2.45) is 0 Å². The van der Waals surface area contributed by atoms with E-state index < -0.39 is 0 Å². The molecule has 0 aliphatic carbocycles. The van der Waals surface area contributed by atoms with Crippen LogP contribution in [-0.2, 0) is 6.42 Å². The highest BCUT2D eigenvalue weighted by Gasteiger charge is 2.15. The summed E-state index contributed by atoms with van der Waals surface area (Å²) >= 11 is 7.80. The summed E-state index contributed by atoms with van der Waals surface area (Å²) in [5.41, 5.74) is 2.47. The summed E-state index contributed by atoms with van der Waals surface area (Å²) in [4.78, 5) is 5.63. The Morgan fingerprint density at radius 1 is 1.33 bits per heavy atom. The van der Waals surface area contributed by atoms with Crippen LogP contribution in [0.25, 0.3) is 16.2 Å². The maximum absolute atomic E-state index is 8.98. The largest absolute Gasteiger partial charge is 0.285 e. The molecule has 0 N–H and O–H groups in total. The van der Waals surface area contributed by atoms with Gasteiger partial charge in [0.25, 0.3) is 0 Å². The van der Waals surface area contributed by atoms with Crippen molar-refractivity contribution in [2.45, 2.75) is 6.42 Å². The van der Waals surface area contributed by atoms with E-state index in [-0.39, 0.29) is 6.42 Å². The minimum atomic E-state index is 0.290. The monoisotopic (exact) mass is 273 g/mol. The third kappa shape index (κ3) is 1.69. The van der Waals surface area contributed by atoms with E-state index in [1.807, 2.05) is 34.0 Å². The highest BCUT2D eigenvalue weighted by Crippen LogP contribution is 2.30. The Morgan fingerprint density at radius 2 is 2.22 bits per heavy atom. The van der Waals surface area contributed by atoms with Crippen LogP contribution in [0.2, 0.25) is 5.15 Å². The maximum atomic E-state index is 8.98. The average molecular weight is 274 g/mol. The Morgan fingerprint density at radius 3 is 2.94 bits per heavy atom. The molecule has 0 fully saturated rings. The number of nitriles is 1. The first-order valence-electron chi connectivity index (χ1n) is 5.38. The summed E-state index contributed by atoms with van der Waals surface area (Å²) in [5, 5.41) is 11.6. The zero-order chi connectivity index (χ0) is 12.5. The van der Waals surface area contributed by atoms with Gasteiger partial charge in [-0.05, 0) is 23.6 Å². The second-order valence-corrected chi connectivity index (χ2v) is 5.10. The number of hydrogen-bond acceptors (Lipinski definition) is 3. The zero-order valence-corrected chi connectivity index (χ0v) is 10.9. The van der Waals surface area contributed by atoms with Crippen molar-refractivity contribution in [3.05, 3.63) is 46.6 Å². The third-order valence-electron chi connectivity index (χ3n) is 2.69. The number of nitrogens with zero attached hydrogens (tertiary/aromatic N) is 3. The highest BCUT2D eigenvalue weighted by atomic mass is 35.5. The van der Waals surface area contributed by atoms with Crippen molar-refractivity contribution in [1.82, 2.24) is 9.38 Å². The molecular weight excluding hydrogens is 266 g/mol. The fraction of sp³-hybridized carbons (Fsp3) is 0.0769. The molecule has 0 bridgehead atoms. The number of halogens is 1. The topological polar surface area (TPSA) is 41.1 Å². The molecule has 0 atom stereocenters. The lowest BCUT2D eigenvalue weighted by Crippen LogP contribution is -1.94. The zero-order valence-electron chi connectivity index (χ0n) is 9.30. The van der Waals surface area contributed by atoms with E-state index in [0.717, 1.165) is 21.9 Å². The molecular formula is C13H8ClN3S. The van der Waals surface area contributed by atoms with Crippen LogP contribution in [0.1, 0.15) is 5.69 Å². The number of hydrogen-bond donors (Lipinski definition) is 0. The van der Waals surface area contributed by atoms with E-state index in [1.165, 1.54) is 0 Å². The van der Waals surface area contributed by atoms with Gasteiger partial charge in [-0.3, -0.25) is 4.40 Å². The van der Waals surface area contributed by atoms with Crippen molar-refractivity contribution in [2.75, 3.05) is 0 Å². The molecule has 0 aliphatic heterocycles. The molecule has 3 aromatic heterocycles. The standard InChI is InChI=1S/C13H8ClN3S/c14-11-4-1-5-12-16-13(10-3-2-8-18-10)9(6-7-15)17(11)12/h1-5,8H,6H2. The molecule has 88 valence electrons. The first kappa shape index (κ1) is 11.3. The predicted molar refractivity (Wildman–Crippen MR) is 72.8 cm³/mol. The van der Waals surface area contributed by atoms with Gasteiger partial charge in [-0.25, -0.2) is 4.98 Å². The van der Waals surface area contributed by atoms with Gasteiger partial charge < -0.3 is 0 Å². The minimum Gasteiger partial charge on any atom is -0.285 e. The Balaban J connectivity index is 2.36. The first-order chi connectivity index (χ1) is 8.81. The Bertz CT molecular complexity index is 738. The summed E-state index contributed by atoms with van der Waals surface area (Å²) < 4.78 is 1.83. The van der Waals surface area contributed by atoms with Crippen LogP contribution >= 0.6 is 22.9 Å². The van der Waals surface area contributed by atoms with Gasteiger partial charge in [0.15, 0.2) is 0 Å². The summed E-state index contributed by atoms with van der Waals surface area (Å²) in [7, 11) is 0. The lowest BCUT2D eigenvalue weighted by Gasteiger charge is -2.01. The summed E-state index contributed by atoms with van der Waals surface area (Å²) in [6.45, 7) is 0. The lowest BCUT2D eigenvalue weighted by atomic mass is 10.2. The number of rotatable bonds is 2. The third-order valence-corrected chi connectivity index (χ3v) is 3.86. The van der Waals surface area contributed by atoms with Crippen LogP contribution in [-0.4, -0.2) is 9.38 Å². The molecule has 0 saturated carbocycles. The molecule has 0 unspecified atom stereocenters. The molecule has 0 saturated heterocycles. The predicted octanol–water partition coefficient (Wildman–Crippen LogP) is 3.78. The van der Waals surface area contributed by atoms with Crippen LogP contribution in [0.15, 0.2) is 35.7 Å². The summed E-state index contributed by atoms with van der Waals surface area (Å²) in [6, 6.07) is 11.7. The normalized spacial score (nSPS) is 10.7. The van der Waals surface area contributed by atoms with Crippen LogP contribution in [0.4, 0.5) is 0 Å². The quantitative estimate of drug-likeness (QED) is 0.667. The SMILES string of the molecule is N#CCc1c(-c2cccs2)nc2cccc(Cl)n12. The first-order valence-corrected chi connectivity index (χ1v) is 6.63. The van der Waals surface area contributed by atoms with Gasteiger partial charge in [-0.1, -0.05) is 23.7 Å².